The van der Waals surface area contributed by atoms with E-state index in [9.17, 15) is 0 Å². The van der Waals surface area contributed by atoms with Crippen LogP contribution in [0, 0.1) is 0 Å². The van der Waals surface area contributed by atoms with Crippen molar-refractivity contribution in [2.75, 3.05) is 46.3 Å². The molecule has 3 heteroatoms. The summed E-state index contributed by atoms with van der Waals surface area (Å²) in [6.45, 7) is 13.8. The van der Waals surface area contributed by atoms with Crippen molar-refractivity contribution in [1.29, 1.82) is 0 Å². The van der Waals surface area contributed by atoms with Crippen LogP contribution in [0.5, 0.6) is 0 Å². The number of hydrogen-bond acceptors (Lipinski definition) is 3. The van der Waals surface area contributed by atoms with Crippen LogP contribution in [0.3, 0.4) is 0 Å². The normalized spacial score (nSPS) is 25.2. The summed E-state index contributed by atoms with van der Waals surface area (Å²) in [4.78, 5) is 7.61. The minimum atomic E-state index is 0.824. The molecule has 0 radical (unpaired) electrons. The number of likely N-dealkylation sites (N-methyl/N-ethyl adjacent to an activating group) is 1. The molecule has 2 heterocycles. The lowest BCUT2D eigenvalue weighted by Crippen LogP contribution is -2.52. The number of hydrogen-bond donors (Lipinski definition) is 0. The lowest BCUT2D eigenvalue weighted by Gasteiger charge is -2.43. The third-order valence-corrected chi connectivity index (χ3v) is 4.37. The molecule has 0 spiro atoms. The summed E-state index contributed by atoms with van der Waals surface area (Å²) in [7, 11) is 2.23. The van der Waals surface area contributed by atoms with E-state index >= 15 is 0 Å². The summed E-state index contributed by atoms with van der Waals surface area (Å²) in [5.74, 6) is 0. The summed E-state index contributed by atoms with van der Waals surface area (Å²) >= 11 is 0. The number of rotatable bonds is 3. The lowest BCUT2D eigenvalue weighted by atomic mass is 10.0. The van der Waals surface area contributed by atoms with Crippen molar-refractivity contribution < 1.29 is 0 Å². The summed E-state index contributed by atoms with van der Waals surface area (Å²) < 4.78 is 0. The van der Waals surface area contributed by atoms with E-state index in [0.29, 0.717) is 0 Å². The van der Waals surface area contributed by atoms with Crippen molar-refractivity contribution in [3.05, 3.63) is 12.3 Å². The Bertz CT molecular complexity index is 248. The van der Waals surface area contributed by atoms with Gasteiger partial charge >= 0.3 is 0 Å². The van der Waals surface area contributed by atoms with Gasteiger partial charge in [0, 0.05) is 51.0 Å². The van der Waals surface area contributed by atoms with Gasteiger partial charge in [-0.05, 0) is 26.3 Å². The zero-order valence-electron chi connectivity index (χ0n) is 11.5. The van der Waals surface area contributed by atoms with Crippen molar-refractivity contribution in [2.45, 2.75) is 32.2 Å². The molecule has 3 nitrogen and oxygen atoms in total. The molecule has 0 amide bonds. The number of allylic oxidation sites excluding steroid dienone is 1. The SMILES string of the molecule is C=C(CC)N1CCC(N2CCN(C)CC2)CC1. The Kier molecular flexibility index (Phi) is 4.46. The predicted octanol–water partition coefficient (Wildman–Crippen LogP) is 1.62. The van der Waals surface area contributed by atoms with Crippen molar-refractivity contribution in [1.82, 2.24) is 14.7 Å². The molecule has 0 aliphatic carbocycles. The van der Waals surface area contributed by atoms with Crippen LogP contribution in [0.2, 0.25) is 0 Å². The highest BCUT2D eigenvalue weighted by Crippen LogP contribution is 2.21. The zero-order chi connectivity index (χ0) is 12.3. The van der Waals surface area contributed by atoms with Crippen molar-refractivity contribution >= 4 is 0 Å². The summed E-state index contributed by atoms with van der Waals surface area (Å²) in [5.41, 5.74) is 1.32. The van der Waals surface area contributed by atoms with Gasteiger partial charge < -0.3 is 9.80 Å². The molecule has 0 aromatic carbocycles. The smallest absolute Gasteiger partial charge is 0.0189 e. The van der Waals surface area contributed by atoms with Gasteiger partial charge in [0.2, 0.25) is 0 Å². The van der Waals surface area contributed by atoms with Crippen LogP contribution in [0.25, 0.3) is 0 Å². The molecule has 17 heavy (non-hydrogen) atoms. The summed E-state index contributed by atoms with van der Waals surface area (Å²) in [6.07, 6.45) is 3.74. The standard InChI is InChI=1S/C14H27N3/c1-4-13(2)16-7-5-14(6-8-16)17-11-9-15(3)10-12-17/h14H,2,4-12H2,1,3H3. The summed E-state index contributed by atoms with van der Waals surface area (Å²) in [6, 6.07) is 0.824. The molecular formula is C14H27N3. The molecule has 2 fully saturated rings. The van der Waals surface area contributed by atoms with Gasteiger partial charge in [0.25, 0.3) is 0 Å². The summed E-state index contributed by atoms with van der Waals surface area (Å²) in [5, 5.41) is 0. The highest BCUT2D eigenvalue weighted by atomic mass is 15.3. The zero-order valence-corrected chi connectivity index (χ0v) is 11.5. The van der Waals surface area contributed by atoms with Crippen LogP contribution in [-0.2, 0) is 0 Å². The molecule has 2 aliphatic heterocycles. The average Bonchev–Trinajstić information content (AvgIpc) is 2.39. The Morgan fingerprint density at radius 1 is 1.06 bits per heavy atom. The average molecular weight is 237 g/mol. The van der Waals surface area contributed by atoms with Crippen LogP contribution < -0.4 is 0 Å². The number of likely N-dealkylation sites (tertiary alicyclic amines) is 1. The maximum atomic E-state index is 4.15. The van der Waals surface area contributed by atoms with Crippen LogP contribution in [-0.4, -0.2) is 67.1 Å². The van der Waals surface area contributed by atoms with Gasteiger partial charge in [-0.25, -0.2) is 0 Å². The third-order valence-electron chi connectivity index (χ3n) is 4.37. The van der Waals surface area contributed by atoms with Crippen LogP contribution >= 0.6 is 0 Å². The molecule has 0 bridgehead atoms. The minimum absolute atomic E-state index is 0.824. The predicted molar refractivity (Wildman–Crippen MR) is 73.1 cm³/mol. The Morgan fingerprint density at radius 2 is 1.65 bits per heavy atom. The van der Waals surface area contributed by atoms with E-state index < -0.39 is 0 Å². The van der Waals surface area contributed by atoms with Gasteiger partial charge in [-0.15, -0.1) is 0 Å². The van der Waals surface area contributed by atoms with Gasteiger partial charge in [-0.2, -0.15) is 0 Å². The van der Waals surface area contributed by atoms with Gasteiger partial charge in [0.05, 0.1) is 0 Å². The molecule has 0 saturated carbocycles. The maximum Gasteiger partial charge on any atom is 0.0189 e. The van der Waals surface area contributed by atoms with E-state index in [1.54, 1.807) is 0 Å². The maximum absolute atomic E-state index is 4.15. The number of nitrogens with zero attached hydrogens (tertiary/aromatic N) is 3. The Hall–Kier alpha value is -0.540. The van der Waals surface area contributed by atoms with Crippen molar-refractivity contribution in [2.24, 2.45) is 0 Å². The minimum Gasteiger partial charge on any atom is -0.375 e. The highest BCUT2D eigenvalue weighted by Gasteiger charge is 2.26. The van der Waals surface area contributed by atoms with Gasteiger partial charge in [0.1, 0.15) is 0 Å². The molecule has 2 saturated heterocycles. The number of piperazine rings is 1. The molecular weight excluding hydrogens is 210 g/mol. The highest BCUT2D eigenvalue weighted by molar-refractivity contribution is 4.96. The fourth-order valence-electron chi connectivity index (χ4n) is 2.96. The third kappa shape index (κ3) is 3.23. The molecule has 0 aromatic heterocycles. The first-order chi connectivity index (χ1) is 8.20. The van der Waals surface area contributed by atoms with E-state index in [1.807, 2.05) is 0 Å². The molecule has 98 valence electrons. The van der Waals surface area contributed by atoms with E-state index in [1.165, 1.54) is 57.8 Å². The van der Waals surface area contributed by atoms with E-state index in [-0.39, 0.29) is 0 Å². The first-order valence-corrected chi connectivity index (χ1v) is 7.06. The van der Waals surface area contributed by atoms with Crippen LogP contribution in [0.4, 0.5) is 0 Å². The number of piperidine rings is 1. The Labute approximate surface area is 106 Å². The van der Waals surface area contributed by atoms with Crippen LogP contribution in [0.1, 0.15) is 26.2 Å². The first-order valence-electron chi connectivity index (χ1n) is 7.06. The lowest BCUT2D eigenvalue weighted by molar-refractivity contribution is 0.0753. The Morgan fingerprint density at radius 3 is 2.18 bits per heavy atom. The second kappa shape index (κ2) is 5.87. The topological polar surface area (TPSA) is 9.72 Å². The van der Waals surface area contributed by atoms with E-state index in [4.69, 9.17) is 0 Å². The fourth-order valence-corrected chi connectivity index (χ4v) is 2.96. The molecule has 0 unspecified atom stereocenters. The monoisotopic (exact) mass is 237 g/mol. The second-order valence-electron chi connectivity index (χ2n) is 5.48. The van der Waals surface area contributed by atoms with Gasteiger partial charge in [-0.1, -0.05) is 13.5 Å². The largest absolute Gasteiger partial charge is 0.375 e. The van der Waals surface area contributed by atoms with Crippen molar-refractivity contribution in [3.63, 3.8) is 0 Å². The first kappa shape index (κ1) is 12.9. The molecule has 2 rings (SSSR count). The molecule has 0 N–H and O–H groups in total. The molecule has 2 aliphatic rings. The second-order valence-corrected chi connectivity index (χ2v) is 5.48. The van der Waals surface area contributed by atoms with Crippen molar-refractivity contribution in [3.8, 4) is 0 Å². The molecule has 0 aromatic rings. The Balaban J connectivity index is 1.77. The quantitative estimate of drug-likeness (QED) is 0.738. The van der Waals surface area contributed by atoms with E-state index in [2.05, 4.69) is 35.3 Å². The van der Waals surface area contributed by atoms with E-state index in [0.717, 1.165) is 12.5 Å². The molecule has 0 atom stereocenters. The van der Waals surface area contributed by atoms with Crippen LogP contribution in [0.15, 0.2) is 12.3 Å². The fraction of sp³-hybridized carbons (Fsp3) is 0.857. The van der Waals surface area contributed by atoms with Gasteiger partial charge in [-0.3, -0.25) is 4.90 Å². The van der Waals surface area contributed by atoms with Gasteiger partial charge in [0.15, 0.2) is 0 Å².